The molecule has 1 amide bonds. The topological polar surface area (TPSA) is 66.8 Å². The molecule has 1 unspecified atom stereocenters. The molecule has 5 nitrogen and oxygen atoms in total. The van der Waals surface area contributed by atoms with Crippen molar-refractivity contribution < 1.29 is 19.5 Å². The highest BCUT2D eigenvalue weighted by molar-refractivity contribution is 5.86. The molecule has 26 heavy (non-hydrogen) atoms. The Morgan fingerprint density at radius 2 is 1.62 bits per heavy atom. The summed E-state index contributed by atoms with van der Waals surface area (Å²) in [7, 11) is 0. The van der Waals surface area contributed by atoms with Gasteiger partial charge in [-0.15, -0.1) is 0 Å². The van der Waals surface area contributed by atoms with Gasteiger partial charge in [0, 0.05) is 6.42 Å². The first-order valence-electron chi connectivity index (χ1n) is 8.99. The number of hydrogen-bond donors (Lipinski definition) is 1. The number of hydroxylamine groups is 2. The molecule has 0 saturated carbocycles. The number of carboxylic acid groups (broad SMARTS) is 1. The van der Waals surface area contributed by atoms with Gasteiger partial charge in [-0.25, -0.2) is 4.79 Å². The highest BCUT2D eigenvalue weighted by Crippen LogP contribution is 2.23. The van der Waals surface area contributed by atoms with Crippen molar-refractivity contribution in [2.45, 2.75) is 44.6 Å². The molecule has 1 N–H and O–H groups in total. The van der Waals surface area contributed by atoms with E-state index in [4.69, 9.17) is 9.94 Å². The Labute approximate surface area is 153 Å². The first-order chi connectivity index (χ1) is 12.6. The molecule has 5 heteroatoms. The molecule has 0 aromatic heterocycles. The van der Waals surface area contributed by atoms with E-state index in [9.17, 15) is 9.59 Å². The van der Waals surface area contributed by atoms with E-state index in [1.54, 1.807) is 12.1 Å². The number of benzene rings is 2. The monoisotopic (exact) mass is 353 g/mol. The maximum absolute atomic E-state index is 11.8. The Morgan fingerprint density at radius 3 is 2.23 bits per heavy atom. The van der Waals surface area contributed by atoms with Gasteiger partial charge in [0.2, 0.25) is 0 Å². The third kappa shape index (κ3) is 4.63. The van der Waals surface area contributed by atoms with Gasteiger partial charge in [0.1, 0.15) is 0 Å². The summed E-state index contributed by atoms with van der Waals surface area (Å²) in [5, 5.41) is 10.1. The largest absolute Gasteiger partial charge is 0.480 e. The molecular weight excluding hydrogens is 330 g/mol. The summed E-state index contributed by atoms with van der Waals surface area (Å²) in [5.41, 5.74) is 2.56. The quantitative estimate of drug-likeness (QED) is 0.736. The lowest BCUT2D eigenvalue weighted by Crippen LogP contribution is -2.40. The van der Waals surface area contributed by atoms with Crippen LogP contribution in [0, 0.1) is 0 Å². The van der Waals surface area contributed by atoms with E-state index in [1.165, 1.54) is 11.1 Å². The maximum atomic E-state index is 11.8. The standard InChI is InChI=1S/C21H23NO4/c23-20-15-14-19(21(24)25)22(20)26-18-12-10-17(11-13-18)9-5-4-8-16-6-2-1-3-7-16/h1-3,6-7,10-13,19H,4-5,8-9,14-15H2,(H,24,25). The molecule has 2 aromatic carbocycles. The van der Waals surface area contributed by atoms with Crippen LogP contribution in [-0.2, 0) is 22.4 Å². The van der Waals surface area contributed by atoms with Crippen molar-refractivity contribution >= 4 is 11.9 Å². The van der Waals surface area contributed by atoms with E-state index in [0.29, 0.717) is 5.75 Å². The van der Waals surface area contributed by atoms with Gasteiger partial charge in [-0.05, 0) is 55.4 Å². The van der Waals surface area contributed by atoms with Crippen molar-refractivity contribution in [1.29, 1.82) is 0 Å². The van der Waals surface area contributed by atoms with Gasteiger partial charge in [-0.2, -0.15) is 5.06 Å². The minimum atomic E-state index is -1.04. The van der Waals surface area contributed by atoms with Crippen LogP contribution < -0.4 is 4.84 Å². The van der Waals surface area contributed by atoms with Gasteiger partial charge < -0.3 is 9.94 Å². The van der Waals surface area contributed by atoms with Crippen LogP contribution in [-0.4, -0.2) is 28.1 Å². The summed E-state index contributed by atoms with van der Waals surface area (Å²) in [5.74, 6) is -0.840. The molecule has 1 aliphatic rings. The summed E-state index contributed by atoms with van der Waals surface area (Å²) in [6.45, 7) is 0. The minimum absolute atomic E-state index is 0.205. The molecule has 0 aliphatic carbocycles. The fourth-order valence-electron chi connectivity index (χ4n) is 3.13. The number of aryl methyl sites for hydroxylation is 2. The maximum Gasteiger partial charge on any atom is 0.330 e. The smallest absolute Gasteiger partial charge is 0.330 e. The normalized spacial score (nSPS) is 16.7. The lowest BCUT2D eigenvalue weighted by molar-refractivity contribution is -0.168. The molecule has 0 radical (unpaired) electrons. The van der Waals surface area contributed by atoms with Crippen molar-refractivity contribution in [3.63, 3.8) is 0 Å². The van der Waals surface area contributed by atoms with Gasteiger partial charge >= 0.3 is 5.97 Å². The lowest BCUT2D eigenvalue weighted by atomic mass is 10.0. The highest BCUT2D eigenvalue weighted by atomic mass is 16.7. The average molecular weight is 353 g/mol. The number of rotatable bonds is 8. The van der Waals surface area contributed by atoms with Crippen LogP contribution in [0.4, 0.5) is 0 Å². The summed E-state index contributed by atoms with van der Waals surface area (Å²) in [6, 6.07) is 17.1. The molecule has 136 valence electrons. The Hall–Kier alpha value is -2.82. The third-order valence-corrected chi connectivity index (χ3v) is 4.60. The summed E-state index contributed by atoms with van der Waals surface area (Å²) < 4.78 is 0. The van der Waals surface area contributed by atoms with Crippen molar-refractivity contribution in [2.24, 2.45) is 0 Å². The van der Waals surface area contributed by atoms with Gasteiger partial charge in [0.25, 0.3) is 5.91 Å². The van der Waals surface area contributed by atoms with Crippen molar-refractivity contribution in [2.75, 3.05) is 0 Å². The van der Waals surface area contributed by atoms with Crippen LogP contribution in [0.1, 0.15) is 36.8 Å². The summed E-state index contributed by atoms with van der Waals surface area (Å²) in [4.78, 5) is 28.5. The van der Waals surface area contributed by atoms with Crippen molar-refractivity contribution in [3.8, 4) is 5.75 Å². The molecule has 1 atom stereocenters. The van der Waals surface area contributed by atoms with E-state index in [0.717, 1.165) is 30.7 Å². The predicted octanol–water partition coefficient (Wildman–Crippen LogP) is 3.62. The number of amides is 1. The number of carboxylic acids is 1. The third-order valence-electron chi connectivity index (χ3n) is 4.60. The van der Waals surface area contributed by atoms with Crippen LogP contribution in [0.15, 0.2) is 54.6 Å². The van der Waals surface area contributed by atoms with Crippen LogP contribution in [0.5, 0.6) is 5.75 Å². The molecular formula is C21H23NO4. The van der Waals surface area contributed by atoms with E-state index in [-0.39, 0.29) is 18.7 Å². The first-order valence-corrected chi connectivity index (χ1v) is 8.99. The lowest BCUT2D eigenvalue weighted by Gasteiger charge is -2.21. The number of aliphatic carboxylic acids is 1. The average Bonchev–Trinajstić information content (AvgIpc) is 3.02. The van der Waals surface area contributed by atoms with Gasteiger partial charge in [-0.3, -0.25) is 4.79 Å². The van der Waals surface area contributed by atoms with Gasteiger partial charge in [0.15, 0.2) is 11.8 Å². The number of nitrogens with zero attached hydrogens (tertiary/aromatic N) is 1. The number of unbranched alkanes of at least 4 members (excludes halogenated alkanes) is 1. The van der Waals surface area contributed by atoms with Crippen LogP contribution >= 0.6 is 0 Å². The first kappa shape index (κ1) is 18.0. The summed E-state index contributed by atoms with van der Waals surface area (Å²) in [6.07, 6.45) is 4.78. The molecule has 1 heterocycles. The van der Waals surface area contributed by atoms with E-state index >= 15 is 0 Å². The SMILES string of the molecule is O=C(O)C1CCC(=O)N1Oc1ccc(CCCCc2ccccc2)cc1. The van der Waals surface area contributed by atoms with Gasteiger partial charge in [-0.1, -0.05) is 42.5 Å². The Bertz CT molecular complexity index is 742. The second kappa shape index (κ2) is 8.52. The van der Waals surface area contributed by atoms with Crippen LogP contribution in [0.3, 0.4) is 0 Å². The van der Waals surface area contributed by atoms with Gasteiger partial charge in [0.05, 0.1) is 0 Å². The number of hydrogen-bond acceptors (Lipinski definition) is 3. The van der Waals surface area contributed by atoms with E-state index in [1.807, 2.05) is 18.2 Å². The molecule has 1 aliphatic heterocycles. The fraction of sp³-hybridized carbons (Fsp3) is 0.333. The molecule has 2 aromatic rings. The van der Waals surface area contributed by atoms with Crippen molar-refractivity contribution in [1.82, 2.24) is 5.06 Å². The molecule has 1 fully saturated rings. The molecule has 0 bridgehead atoms. The minimum Gasteiger partial charge on any atom is -0.480 e. The number of carbonyl (C=O) groups excluding carboxylic acids is 1. The van der Waals surface area contributed by atoms with Crippen molar-refractivity contribution in [3.05, 3.63) is 65.7 Å². The second-order valence-corrected chi connectivity index (χ2v) is 6.54. The zero-order valence-electron chi connectivity index (χ0n) is 14.6. The molecule has 3 rings (SSSR count). The van der Waals surface area contributed by atoms with E-state index in [2.05, 4.69) is 24.3 Å². The highest BCUT2D eigenvalue weighted by Gasteiger charge is 2.38. The zero-order valence-corrected chi connectivity index (χ0v) is 14.6. The Kier molecular flexibility index (Phi) is 5.89. The molecule has 1 saturated heterocycles. The summed E-state index contributed by atoms with van der Waals surface area (Å²) >= 11 is 0. The van der Waals surface area contributed by atoms with Crippen LogP contribution in [0.25, 0.3) is 0 Å². The second-order valence-electron chi connectivity index (χ2n) is 6.54. The zero-order chi connectivity index (χ0) is 18.4. The fourth-order valence-corrected chi connectivity index (χ4v) is 3.13. The Balaban J connectivity index is 1.47. The molecule has 0 spiro atoms. The number of carbonyl (C=O) groups is 2. The Morgan fingerprint density at radius 1 is 1.00 bits per heavy atom. The van der Waals surface area contributed by atoms with Crippen LogP contribution in [0.2, 0.25) is 0 Å². The van der Waals surface area contributed by atoms with E-state index < -0.39 is 12.0 Å². The predicted molar refractivity (Wildman–Crippen MR) is 97.7 cm³/mol.